The van der Waals surface area contributed by atoms with Crippen LogP contribution >= 0.6 is 11.6 Å². The van der Waals surface area contributed by atoms with Gasteiger partial charge in [-0.05, 0) is 42.0 Å². The van der Waals surface area contributed by atoms with E-state index in [1.807, 2.05) is 43.6 Å². The average molecular weight is 444 g/mol. The second kappa shape index (κ2) is 8.28. The Morgan fingerprint density at radius 3 is 2.78 bits per heavy atom. The van der Waals surface area contributed by atoms with Gasteiger partial charge in [0.1, 0.15) is 17.3 Å². The molecule has 32 heavy (non-hydrogen) atoms. The highest BCUT2D eigenvalue weighted by Crippen LogP contribution is 2.27. The molecule has 7 nitrogen and oxygen atoms in total. The van der Waals surface area contributed by atoms with Crippen LogP contribution in [-0.4, -0.2) is 24.7 Å². The molecule has 0 bridgehead atoms. The zero-order chi connectivity index (χ0) is 22.1. The number of hydrogen-bond acceptors (Lipinski definition) is 5. The van der Waals surface area contributed by atoms with Gasteiger partial charge in [-0.2, -0.15) is 5.10 Å². The van der Waals surface area contributed by atoms with Gasteiger partial charge in [-0.3, -0.25) is 14.5 Å². The van der Waals surface area contributed by atoms with Crippen molar-refractivity contribution >= 4 is 22.5 Å². The highest BCUT2D eigenvalue weighted by atomic mass is 35.5. The molecule has 0 aliphatic carbocycles. The Kier molecular flexibility index (Phi) is 5.17. The average Bonchev–Trinajstić information content (AvgIpc) is 3.21. The van der Waals surface area contributed by atoms with Gasteiger partial charge in [0.05, 0.1) is 22.8 Å². The van der Waals surface area contributed by atoms with E-state index in [-0.39, 0.29) is 5.56 Å². The third kappa shape index (κ3) is 4.24. The van der Waals surface area contributed by atoms with E-state index in [9.17, 15) is 4.79 Å². The van der Waals surface area contributed by atoms with Crippen molar-refractivity contribution in [2.45, 2.75) is 6.42 Å². The van der Waals surface area contributed by atoms with Gasteiger partial charge in [-0.15, -0.1) is 0 Å². The zero-order valence-electron chi connectivity index (χ0n) is 17.1. The lowest BCUT2D eigenvalue weighted by atomic mass is 10.1. The first-order chi connectivity index (χ1) is 15.5. The van der Waals surface area contributed by atoms with Crippen LogP contribution in [0.4, 0.5) is 0 Å². The number of aryl methyl sites for hydroxylation is 1. The summed E-state index contributed by atoms with van der Waals surface area (Å²) in [7, 11) is 1.85. The molecule has 5 aromatic rings. The Bertz CT molecular complexity index is 1490. The molecule has 0 radical (unpaired) electrons. The van der Waals surface area contributed by atoms with Crippen molar-refractivity contribution in [2.24, 2.45) is 7.05 Å². The lowest BCUT2D eigenvalue weighted by Gasteiger charge is -2.08. The predicted molar refractivity (Wildman–Crippen MR) is 123 cm³/mol. The molecule has 1 N–H and O–H groups in total. The summed E-state index contributed by atoms with van der Waals surface area (Å²) in [4.78, 5) is 24.5. The van der Waals surface area contributed by atoms with Gasteiger partial charge in [0.15, 0.2) is 0 Å². The number of halogens is 1. The number of pyridine rings is 1. The Hall–Kier alpha value is -3.97. The number of aromatic nitrogens is 5. The minimum Gasteiger partial charge on any atom is -0.457 e. The first-order valence-corrected chi connectivity index (χ1v) is 10.3. The number of benzene rings is 2. The monoisotopic (exact) mass is 443 g/mol. The number of rotatable bonds is 5. The Morgan fingerprint density at radius 1 is 1.09 bits per heavy atom. The quantitative estimate of drug-likeness (QED) is 0.423. The molecule has 0 fully saturated rings. The SMILES string of the molecule is Cn1cc(-c2cc(Oc3ccc4nc(Cc5cccc(Cl)c5)[nH]c(=O)c4c3)ccn2)cn1. The van der Waals surface area contributed by atoms with Gasteiger partial charge in [0.2, 0.25) is 0 Å². The molecule has 0 amide bonds. The van der Waals surface area contributed by atoms with E-state index in [4.69, 9.17) is 16.3 Å². The molecule has 0 unspecified atom stereocenters. The normalized spacial score (nSPS) is 11.1. The van der Waals surface area contributed by atoms with Crippen molar-refractivity contribution in [2.75, 3.05) is 0 Å². The van der Waals surface area contributed by atoms with Crippen molar-refractivity contribution in [3.05, 3.63) is 100.0 Å². The fourth-order valence-corrected chi connectivity index (χ4v) is 3.69. The van der Waals surface area contributed by atoms with E-state index in [2.05, 4.69) is 20.1 Å². The van der Waals surface area contributed by atoms with Crippen molar-refractivity contribution in [3.63, 3.8) is 0 Å². The summed E-state index contributed by atoms with van der Waals surface area (Å²) in [5.74, 6) is 1.73. The van der Waals surface area contributed by atoms with Crippen LogP contribution in [0.3, 0.4) is 0 Å². The minimum atomic E-state index is -0.219. The molecule has 0 aliphatic heterocycles. The van der Waals surface area contributed by atoms with Crippen LogP contribution in [0.15, 0.2) is 78.0 Å². The van der Waals surface area contributed by atoms with Crippen LogP contribution in [0.25, 0.3) is 22.2 Å². The molecule has 0 spiro atoms. The number of nitrogens with zero attached hydrogens (tertiary/aromatic N) is 4. The van der Waals surface area contributed by atoms with Crippen LogP contribution < -0.4 is 10.3 Å². The molecular formula is C24H18ClN5O2. The van der Waals surface area contributed by atoms with E-state index in [0.717, 1.165) is 16.8 Å². The molecule has 0 saturated heterocycles. The summed E-state index contributed by atoms with van der Waals surface area (Å²) in [6.45, 7) is 0. The van der Waals surface area contributed by atoms with Crippen LogP contribution in [0.2, 0.25) is 5.02 Å². The van der Waals surface area contributed by atoms with Gasteiger partial charge < -0.3 is 9.72 Å². The summed E-state index contributed by atoms with van der Waals surface area (Å²) in [5.41, 5.74) is 3.00. The van der Waals surface area contributed by atoms with Crippen molar-refractivity contribution in [3.8, 4) is 22.8 Å². The summed E-state index contributed by atoms with van der Waals surface area (Å²) < 4.78 is 7.70. The highest BCUT2D eigenvalue weighted by molar-refractivity contribution is 6.30. The molecule has 0 aliphatic rings. The second-order valence-corrected chi connectivity index (χ2v) is 7.82. The first-order valence-electron chi connectivity index (χ1n) is 9.94. The minimum absolute atomic E-state index is 0.219. The van der Waals surface area contributed by atoms with E-state index < -0.39 is 0 Å². The topological polar surface area (TPSA) is 85.7 Å². The van der Waals surface area contributed by atoms with Crippen LogP contribution in [-0.2, 0) is 13.5 Å². The number of hydrogen-bond donors (Lipinski definition) is 1. The van der Waals surface area contributed by atoms with E-state index in [1.54, 1.807) is 41.3 Å². The summed E-state index contributed by atoms with van der Waals surface area (Å²) in [6.07, 6.45) is 5.79. The smallest absolute Gasteiger partial charge is 0.258 e. The molecule has 3 aromatic heterocycles. The molecular weight excluding hydrogens is 426 g/mol. The van der Waals surface area contributed by atoms with E-state index in [0.29, 0.717) is 39.7 Å². The third-order valence-corrected chi connectivity index (χ3v) is 5.19. The maximum Gasteiger partial charge on any atom is 0.258 e. The lowest BCUT2D eigenvalue weighted by molar-refractivity contribution is 0.483. The van der Waals surface area contributed by atoms with Crippen molar-refractivity contribution in [1.82, 2.24) is 24.7 Å². The highest BCUT2D eigenvalue weighted by Gasteiger charge is 2.09. The Morgan fingerprint density at radius 2 is 1.97 bits per heavy atom. The molecule has 3 heterocycles. The van der Waals surface area contributed by atoms with Crippen LogP contribution in [0, 0.1) is 0 Å². The Balaban J connectivity index is 1.41. The summed E-state index contributed by atoms with van der Waals surface area (Å²) in [5, 5.41) is 5.28. The number of fused-ring (bicyclic) bond motifs is 1. The lowest BCUT2D eigenvalue weighted by Crippen LogP contribution is -2.12. The van der Waals surface area contributed by atoms with Gasteiger partial charge >= 0.3 is 0 Å². The maximum atomic E-state index is 12.7. The third-order valence-electron chi connectivity index (χ3n) is 4.95. The Labute approximate surface area is 188 Å². The van der Waals surface area contributed by atoms with Gasteiger partial charge in [0.25, 0.3) is 5.56 Å². The van der Waals surface area contributed by atoms with Gasteiger partial charge in [-0.1, -0.05) is 23.7 Å². The first kappa shape index (κ1) is 20.0. The maximum absolute atomic E-state index is 12.7. The van der Waals surface area contributed by atoms with E-state index in [1.165, 1.54) is 0 Å². The second-order valence-electron chi connectivity index (χ2n) is 7.38. The van der Waals surface area contributed by atoms with Crippen molar-refractivity contribution in [1.29, 1.82) is 0 Å². The molecule has 2 aromatic carbocycles. The van der Waals surface area contributed by atoms with Gasteiger partial charge in [-0.25, -0.2) is 4.98 Å². The van der Waals surface area contributed by atoms with Crippen molar-refractivity contribution < 1.29 is 4.74 Å². The number of H-pyrrole nitrogens is 1. The van der Waals surface area contributed by atoms with Crippen LogP contribution in [0.5, 0.6) is 11.5 Å². The molecule has 0 atom stereocenters. The molecule has 158 valence electrons. The molecule has 8 heteroatoms. The largest absolute Gasteiger partial charge is 0.457 e. The standard InChI is InChI=1S/C24H18ClN5O2/c1-30-14-16(13-27-30)22-12-19(7-8-26-22)32-18-5-6-21-20(11-18)24(31)29-23(28-21)10-15-3-2-4-17(25)9-15/h2-9,11-14H,10H2,1H3,(H,28,29,31). The number of aromatic amines is 1. The fourth-order valence-electron chi connectivity index (χ4n) is 3.48. The summed E-state index contributed by atoms with van der Waals surface area (Å²) >= 11 is 6.05. The fraction of sp³-hybridized carbons (Fsp3) is 0.0833. The predicted octanol–water partition coefficient (Wildman–Crippen LogP) is 4.76. The molecule has 0 saturated carbocycles. The zero-order valence-corrected chi connectivity index (χ0v) is 17.9. The van der Waals surface area contributed by atoms with Gasteiger partial charge in [0, 0.05) is 42.5 Å². The number of ether oxygens (including phenoxy) is 1. The number of nitrogens with one attached hydrogen (secondary N) is 1. The van der Waals surface area contributed by atoms with E-state index >= 15 is 0 Å². The molecule has 5 rings (SSSR count). The summed E-state index contributed by atoms with van der Waals surface area (Å²) in [6, 6.07) is 16.4. The van der Waals surface area contributed by atoms with Crippen LogP contribution in [0.1, 0.15) is 11.4 Å².